The summed E-state index contributed by atoms with van der Waals surface area (Å²) in [6.07, 6.45) is -1.33. The quantitative estimate of drug-likeness (QED) is 0.170. The van der Waals surface area contributed by atoms with Gasteiger partial charge in [0.15, 0.2) is 0 Å². The van der Waals surface area contributed by atoms with Crippen molar-refractivity contribution in [2.24, 2.45) is 0 Å². The number of hydrogen-bond acceptors (Lipinski definition) is 8. The Labute approximate surface area is 142 Å². The molecule has 10 nitrogen and oxygen atoms in total. The number of alkyl halides is 2. The lowest BCUT2D eigenvalue weighted by molar-refractivity contribution is -0.538. The monoisotopic (exact) mass is 448 g/mol. The first-order chi connectivity index (χ1) is 10.1. The number of hydrogen-bond donors (Lipinski definition) is 0. The van der Waals surface area contributed by atoms with Gasteiger partial charge in [0, 0.05) is 54.5 Å². The number of nitro groups is 2. The van der Waals surface area contributed by atoms with Crippen LogP contribution in [0.1, 0.15) is 26.7 Å². The normalized spacial score (nSPS) is 16.0. The summed E-state index contributed by atoms with van der Waals surface area (Å²) in [5, 5.41) is 22.2. The summed E-state index contributed by atoms with van der Waals surface area (Å²) < 4.78 is 4.38. The molecule has 0 rings (SSSR count). The molecule has 2 atom stereocenters. The van der Waals surface area contributed by atoms with E-state index in [1.165, 1.54) is 13.8 Å². The van der Waals surface area contributed by atoms with Crippen LogP contribution in [-0.2, 0) is 19.1 Å². The average molecular weight is 450 g/mol. The molecule has 0 aromatic heterocycles. The Kier molecular flexibility index (Phi) is 7.87. The Balaban J connectivity index is 5.32. The van der Waals surface area contributed by atoms with Gasteiger partial charge in [-0.1, -0.05) is 0 Å². The summed E-state index contributed by atoms with van der Waals surface area (Å²) in [5.41, 5.74) is 0. The van der Waals surface area contributed by atoms with E-state index in [1.54, 1.807) is 0 Å². The minimum Gasteiger partial charge on any atom is -0.460 e. The van der Waals surface area contributed by atoms with Crippen molar-refractivity contribution in [2.45, 2.75) is 35.6 Å². The van der Waals surface area contributed by atoms with Crippen LogP contribution in [0.15, 0.2) is 0 Å². The van der Waals surface area contributed by atoms with Gasteiger partial charge in [-0.05, 0) is 13.8 Å². The van der Waals surface area contributed by atoms with Crippen molar-refractivity contribution in [3.05, 3.63) is 20.2 Å². The highest BCUT2D eigenvalue weighted by atomic mass is 79.9. The molecule has 0 radical (unpaired) electrons. The summed E-state index contributed by atoms with van der Waals surface area (Å²) in [5.74, 6) is -2.41. The second-order valence-corrected chi connectivity index (χ2v) is 6.60. The zero-order chi connectivity index (χ0) is 17.6. The molecular weight excluding hydrogens is 436 g/mol. The van der Waals surface area contributed by atoms with Crippen LogP contribution in [0.2, 0.25) is 0 Å². The molecule has 22 heavy (non-hydrogen) atoms. The Bertz CT molecular complexity index is 432. The standard InChI is InChI=1S/C10H14Br2N2O8/c1-3-21-7(15)9(11,13(17)18)5-6-10(12,14(19)20)8(16)22-4-2/h3-6H2,1-2H3. The van der Waals surface area contributed by atoms with E-state index in [9.17, 15) is 29.8 Å². The van der Waals surface area contributed by atoms with Crippen LogP contribution in [0.4, 0.5) is 0 Å². The van der Waals surface area contributed by atoms with Crippen LogP contribution in [0.3, 0.4) is 0 Å². The highest BCUT2D eigenvalue weighted by molar-refractivity contribution is 9.10. The number of esters is 2. The fourth-order valence-corrected chi connectivity index (χ4v) is 1.98. The summed E-state index contributed by atoms with van der Waals surface area (Å²) in [6, 6.07) is 0. The molecule has 0 saturated heterocycles. The number of nitrogens with zero attached hydrogens (tertiary/aromatic N) is 2. The molecule has 0 aromatic carbocycles. The van der Waals surface area contributed by atoms with Gasteiger partial charge in [0.1, 0.15) is 0 Å². The van der Waals surface area contributed by atoms with Gasteiger partial charge in [0.25, 0.3) is 0 Å². The predicted molar refractivity (Wildman–Crippen MR) is 79.8 cm³/mol. The number of rotatable bonds is 9. The van der Waals surface area contributed by atoms with Gasteiger partial charge >= 0.3 is 20.8 Å². The van der Waals surface area contributed by atoms with E-state index in [0.717, 1.165) is 0 Å². The Morgan fingerprint density at radius 3 is 1.36 bits per heavy atom. The van der Waals surface area contributed by atoms with Gasteiger partial charge in [0.05, 0.1) is 13.2 Å². The molecule has 0 bridgehead atoms. The molecule has 2 unspecified atom stereocenters. The maximum atomic E-state index is 11.7. The van der Waals surface area contributed by atoms with E-state index >= 15 is 0 Å². The molecule has 0 N–H and O–H groups in total. The van der Waals surface area contributed by atoms with Gasteiger partial charge in [0.2, 0.25) is 0 Å². The summed E-state index contributed by atoms with van der Waals surface area (Å²) >= 11 is 5.27. The van der Waals surface area contributed by atoms with Crippen molar-refractivity contribution < 1.29 is 28.9 Å². The van der Waals surface area contributed by atoms with E-state index in [-0.39, 0.29) is 13.2 Å². The fourth-order valence-electron chi connectivity index (χ4n) is 1.35. The lowest BCUT2D eigenvalue weighted by Crippen LogP contribution is -2.47. The molecule has 126 valence electrons. The van der Waals surface area contributed by atoms with Gasteiger partial charge < -0.3 is 9.47 Å². The number of carbonyl (C=O) groups excluding carboxylic acids is 2. The van der Waals surface area contributed by atoms with Crippen molar-refractivity contribution in [1.82, 2.24) is 0 Å². The van der Waals surface area contributed by atoms with E-state index in [1.807, 2.05) is 0 Å². The minimum atomic E-state index is -2.38. The first-order valence-electron chi connectivity index (χ1n) is 6.07. The lowest BCUT2D eigenvalue weighted by atomic mass is 10.1. The summed E-state index contributed by atoms with van der Waals surface area (Å²) in [4.78, 5) is 43.6. The third kappa shape index (κ3) is 4.60. The molecular formula is C10H14Br2N2O8. The predicted octanol–water partition coefficient (Wildman–Crippen LogP) is 1.63. The molecule has 0 spiro atoms. The lowest BCUT2D eigenvalue weighted by Gasteiger charge is -2.21. The highest BCUT2D eigenvalue weighted by Gasteiger charge is 2.57. The van der Waals surface area contributed by atoms with Gasteiger partial charge in [-0.15, -0.1) is 0 Å². The molecule has 0 saturated carbocycles. The van der Waals surface area contributed by atoms with E-state index in [0.29, 0.717) is 0 Å². The molecule has 0 fully saturated rings. The second-order valence-electron chi connectivity index (χ2n) is 3.97. The van der Waals surface area contributed by atoms with Crippen molar-refractivity contribution >= 4 is 43.8 Å². The fraction of sp³-hybridized carbons (Fsp3) is 0.800. The van der Waals surface area contributed by atoms with Crippen LogP contribution >= 0.6 is 31.9 Å². The molecule has 12 heteroatoms. The van der Waals surface area contributed by atoms with Gasteiger partial charge in [-0.2, -0.15) is 0 Å². The van der Waals surface area contributed by atoms with Gasteiger partial charge in [-0.3, -0.25) is 20.2 Å². The maximum absolute atomic E-state index is 11.7. The largest absolute Gasteiger partial charge is 0.460 e. The topological polar surface area (TPSA) is 139 Å². The first kappa shape index (κ1) is 20.7. The van der Waals surface area contributed by atoms with E-state index in [2.05, 4.69) is 41.3 Å². The van der Waals surface area contributed by atoms with Gasteiger partial charge in [-0.25, -0.2) is 9.59 Å². The summed E-state index contributed by atoms with van der Waals surface area (Å²) in [6.45, 7) is 2.70. The highest BCUT2D eigenvalue weighted by Crippen LogP contribution is 2.34. The molecule has 0 aliphatic carbocycles. The SMILES string of the molecule is CCOC(=O)C(Br)(CCC(Br)(C(=O)OCC)[N+](=O)[O-])[N+](=O)[O-]. The van der Waals surface area contributed by atoms with Crippen molar-refractivity contribution in [3.63, 3.8) is 0 Å². The third-order valence-electron chi connectivity index (χ3n) is 2.54. The molecule has 0 aliphatic heterocycles. The van der Waals surface area contributed by atoms with Crippen LogP contribution in [0.25, 0.3) is 0 Å². The smallest absolute Gasteiger partial charge is 0.396 e. The Morgan fingerprint density at radius 1 is 0.909 bits per heavy atom. The van der Waals surface area contributed by atoms with Crippen molar-refractivity contribution in [1.29, 1.82) is 0 Å². The molecule has 0 aromatic rings. The van der Waals surface area contributed by atoms with Crippen molar-refractivity contribution in [3.8, 4) is 0 Å². The first-order valence-corrected chi connectivity index (χ1v) is 7.66. The maximum Gasteiger partial charge on any atom is 0.396 e. The summed E-state index contributed by atoms with van der Waals surface area (Å²) in [7, 11) is 0. The number of carbonyl (C=O) groups is 2. The third-order valence-corrected chi connectivity index (χ3v) is 4.56. The van der Waals surface area contributed by atoms with E-state index < -0.39 is 43.5 Å². The zero-order valence-electron chi connectivity index (χ0n) is 11.7. The Hall–Kier alpha value is -1.30. The van der Waals surface area contributed by atoms with Crippen LogP contribution in [0, 0.1) is 20.2 Å². The number of ether oxygens (including phenoxy) is 2. The Morgan fingerprint density at radius 2 is 1.18 bits per heavy atom. The second kappa shape index (κ2) is 8.36. The van der Waals surface area contributed by atoms with Crippen LogP contribution in [-0.4, -0.2) is 43.9 Å². The molecule has 0 heterocycles. The van der Waals surface area contributed by atoms with Crippen LogP contribution in [0.5, 0.6) is 0 Å². The minimum absolute atomic E-state index is 0.105. The van der Waals surface area contributed by atoms with Crippen molar-refractivity contribution in [2.75, 3.05) is 13.2 Å². The van der Waals surface area contributed by atoms with E-state index in [4.69, 9.17) is 0 Å². The molecule has 0 amide bonds. The molecule has 0 aliphatic rings. The van der Waals surface area contributed by atoms with Crippen LogP contribution < -0.4 is 0 Å². The average Bonchev–Trinajstić information content (AvgIpc) is 2.44. The number of halogens is 2. The zero-order valence-corrected chi connectivity index (χ0v) is 14.9.